The van der Waals surface area contributed by atoms with Gasteiger partial charge in [0.05, 0.1) is 40.8 Å². The lowest BCUT2D eigenvalue weighted by molar-refractivity contribution is 0.0696. The first kappa shape index (κ1) is 20.3. The lowest BCUT2D eigenvalue weighted by Gasteiger charge is -2.38. The summed E-state index contributed by atoms with van der Waals surface area (Å²) < 4.78 is 7.10. The summed E-state index contributed by atoms with van der Waals surface area (Å²) in [6.45, 7) is 3.05. The van der Waals surface area contributed by atoms with Gasteiger partial charge in [0.25, 0.3) is 5.56 Å². The summed E-state index contributed by atoms with van der Waals surface area (Å²) in [5.74, 6) is -0.535. The number of fused-ring (bicyclic) bond motifs is 2. The molecule has 1 aliphatic heterocycles. The number of pyridine rings is 1. The number of likely N-dealkylation sites (N-methyl/N-ethyl adjacent to an activating group) is 1. The number of benzene rings is 2. The van der Waals surface area contributed by atoms with Crippen LogP contribution in [0.2, 0.25) is 0 Å². The van der Waals surface area contributed by atoms with Gasteiger partial charge < -0.3 is 24.2 Å². The van der Waals surface area contributed by atoms with Gasteiger partial charge in [0.2, 0.25) is 0 Å². The Kier molecular flexibility index (Phi) is 4.82. The van der Waals surface area contributed by atoms with Crippen LogP contribution in [0.1, 0.15) is 21.5 Å². The lowest BCUT2D eigenvalue weighted by Crippen LogP contribution is -2.37. The predicted molar refractivity (Wildman–Crippen MR) is 119 cm³/mol. The van der Waals surface area contributed by atoms with Gasteiger partial charge in [-0.2, -0.15) is 5.26 Å². The molecule has 0 unspecified atom stereocenters. The summed E-state index contributed by atoms with van der Waals surface area (Å²) in [6, 6.07) is 10.8. The minimum Gasteiger partial charge on any atom is -0.497 e. The van der Waals surface area contributed by atoms with Crippen LogP contribution in [0.15, 0.2) is 35.1 Å². The van der Waals surface area contributed by atoms with Crippen molar-refractivity contribution in [3.05, 3.63) is 57.4 Å². The topological polar surface area (TPSA) is 98.8 Å². The molecule has 8 heteroatoms. The average molecular weight is 418 g/mol. The van der Waals surface area contributed by atoms with Crippen LogP contribution in [0.3, 0.4) is 0 Å². The molecule has 1 N–H and O–H groups in total. The maximum atomic E-state index is 12.5. The number of aryl methyl sites for hydroxylation is 2. The number of nitrogens with zero attached hydrogens (tertiary/aromatic N) is 4. The number of carbonyl (C=O) groups is 1. The Morgan fingerprint density at radius 2 is 1.84 bits per heavy atom. The molecule has 2 aromatic carbocycles. The number of rotatable bonds is 3. The highest BCUT2D eigenvalue weighted by atomic mass is 16.5. The van der Waals surface area contributed by atoms with E-state index in [0.29, 0.717) is 24.4 Å². The van der Waals surface area contributed by atoms with E-state index in [1.165, 1.54) is 0 Å². The third-order valence-corrected chi connectivity index (χ3v) is 5.83. The monoisotopic (exact) mass is 418 g/mol. The van der Waals surface area contributed by atoms with Crippen molar-refractivity contribution in [2.75, 3.05) is 37.0 Å². The molecule has 0 saturated carbocycles. The summed E-state index contributed by atoms with van der Waals surface area (Å²) in [7, 11) is 5.19. The first-order valence-corrected chi connectivity index (χ1v) is 9.75. The molecular weight excluding hydrogens is 396 g/mol. The van der Waals surface area contributed by atoms with Gasteiger partial charge >= 0.3 is 5.97 Å². The second kappa shape index (κ2) is 7.36. The maximum absolute atomic E-state index is 12.5. The average Bonchev–Trinajstić information content (AvgIpc) is 2.76. The van der Waals surface area contributed by atoms with Gasteiger partial charge in [-0.15, -0.1) is 0 Å². The van der Waals surface area contributed by atoms with Gasteiger partial charge in [-0.3, -0.25) is 4.79 Å². The molecule has 0 amide bonds. The zero-order chi connectivity index (χ0) is 22.4. The second-order valence-corrected chi connectivity index (χ2v) is 7.65. The normalized spacial score (nSPS) is 13.1. The highest BCUT2D eigenvalue weighted by molar-refractivity contribution is 6.00. The Labute approximate surface area is 179 Å². The molecule has 1 aromatic heterocycles. The fraction of sp³-hybridized carbons (Fsp3) is 0.261. The van der Waals surface area contributed by atoms with Gasteiger partial charge in [-0.1, -0.05) is 0 Å². The number of aromatic carboxylic acids is 1. The molecule has 0 saturated heterocycles. The second-order valence-electron chi connectivity index (χ2n) is 7.65. The molecule has 2 heterocycles. The van der Waals surface area contributed by atoms with E-state index in [9.17, 15) is 20.0 Å². The summed E-state index contributed by atoms with van der Waals surface area (Å²) in [6.07, 6.45) is 0. The molecule has 0 bridgehead atoms. The van der Waals surface area contributed by atoms with E-state index in [2.05, 4.69) is 4.90 Å². The van der Waals surface area contributed by atoms with E-state index in [-0.39, 0.29) is 16.7 Å². The molecule has 4 rings (SSSR count). The quantitative estimate of drug-likeness (QED) is 0.698. The molecule has 0 radical (unpaired) electrons. The predicted octanol–water partition coefficient (Wildman–Crippen LogP) is 3.01. The number of carboxylic acids is 1. The number of nitriles is 1. The van der Waals surface area contributed by atoms with Gasteiger partial charge in [0, 0.05) is 50.3 Å². The van der Waals surface area contributed by atoms with Crippen molar-refractivity contribution >= 4 is 33.9 Å². The summed E-state index contributed by atoms with van der Waals surface area (Å²) in [5, 5.41) is 19.9. The van der Waals surface area contributed by atoms with Crippen LogP contribution in [0.25, 0.3) is 10.9 Å². The molecule has 0 fully saturated rings. The zero-order valence-electron chi connectivity index (χ0n) is 17.8. The van der Waals surface area contributed by atoms with Gasteiger partial charge in [0.1, 0.15) is 11.8 Å². The van der Waals surface area contributed by atoms with Crippen molar-refractivity contribution in [1.82, 2.24) is 4.57 Å². The zero-order valence-corrected chi connectivity index (χ0v) is 17.8. The molecule has 0 atom stereocenters. The summed E-state index contributed by atoms with van der Waals surface area (Å²) in [4.78, 5) is 28.2. The van der Waals surface area contributed by atoms with Crippen molar-refractivity contribution in [3.8, 4) is 11.8 Å². The van der Waals surface area contributed by atoms with Crippen molar-refractivity contribution in [2.24, 2.45) is 7.05 Å². The molecule has 0 aliphatic carbocycles. The molecule has 31 heavy (non-hydrogen) atoms. The van der Waals surface area contributed by atoms with E-state index in [0.717, 1.165) is 28.0 Å². The number of carboxylic acid groups (broad SMARTS) is 1. The van der Waals surface area contributed by atoms with E-state index in [1.54, 1.807) is 37.8 Å². The fourth-order valence-corrected chi connectivity index (χ4v) is 4.13. The first-order chi connectivity index (χ1) is 14.8. The summed E-state index contributed by atoms with van der Waals surface area (Å²) >= 11 is 0. The van der Waals surface area contributed by atoms with Crippen molar-refractivity contribution in [3.63, 3.8) is 0 Å². The van der Waals surface area contributed by atoms with Crippen LogP contribution in [0.5, 0.6) is 5.75 Å². The highest BCUT2D eigenvalue weighted by Gasteiger charge is 2.27. The Bertz CT molecular complexity index is 1340. The van der Waals surface area contributed by atoms with Crippen LogP contribution < -0.4 is 20.1 Å². The maximum Gasteiger partial charge on any atom is 0.337 e. The van der Waals surface area contributed by atoms with Crippen molar-refractivity contribution in [2.45, 2.75) is 6.92 Å². The van der Waals surface area contributed by atoms with Crippen LogP contribution >= 0.6 is 0 Å². The number of ether oxygens (including phenoxy) is 1. The Hall–Kier alpha value is -3.99. The number of methoxy groups -OCH3 is 1. The van der Waals surface area contributed by atoms with Crippen LogP contribution in [-0.4, -0.2) is 42.9 Å². The summed E-state index contributed by atoms with van der Waals surface area (Å²) in [5.41, 5.74) is 3.63. The minimum absolute atomic E-state index is 0.0244. The van der Waals surface area contributed by atoms with Crippen molar-refractivity contribution < 1.29 is 14.6 Å². The standard InChI is InChI=1S/C23H22N4O4/c1-13-7-17-18(26(3)22(13)28)9-15(31-4)10-19(17)27-6-5-25(2)20-11-16(23(29)30)14(12-24)8-21(20)27/h7-11H,5-6H2,1-4H3,(H,29,30). The molecular formula is C23H22N4O4. The van der Waals surface area contributed by atoms with Crippen LogP contribution in [0.4, 0.5) is 17.1 Å². The molecule has 1 aliphatic rings. The molecule has 158 valence electrons. The number of anilines is 3. The van der Waals surface area contributed by atoms with Crippen molar-refractivity contribution in [1.29, 1.82) is 5.26 Å². The largest absolute Gasteiger partial charge is 0.497 e. The van der Waals surface area contributed by atoms with E-state index in [1.807, 2.05) is 36.2 Å². The smallest absolute Gasteiger partial charge is 0.337 e. The number of hydrogen-bond donors (Lipinski definition) is 1. The first-order valence-electron chi connectivity index (χ1n) is 9.75. The molecule has 0 spiro atoms. The third kappa shape index (κ3) is 3.15. The Morgan fingerprint density at radius 1 is 1.10 bits per heavy atom. The Morgan fingerprint density at radius 3 is 2.48 bits per heavy atom. The third-order valence-electron chi connectivity index (χ3n) is 5.83. The van der Waals surface area contributed by atoms with E-state index >= 15 is 0 Å². The van der Waals surface area contributed by atoms with Gasteiger partial charge in [0.15, 0.2) is 0 Å². The minimum atomic E-state index is -1.14. The lowest BCUT2D eigenvalue weighted by atomic mass is 10.0. The van der Waals surface area contributed by atoms with Gasteiger partial charge in [-0.05, 0) is 25.1 Å². The highest BCUT2D eigenvalue weighted by Crippen LogP contribution is 2.42. The molecule has 3 aromatic rings. The van der Waals surface area contributed by atoms with Crippen LogP contribution in [-0.2, 0) is 7.05 Å². The van der Waals surface area contributed by atoms with Gasteiger partial charge in [-0.25, -0.2) is 4.79 Å². The van der Waals surface area contributed by atoms with E-state index in [4.69, 9.17) is 4.74 Å². The number of hydrogen-bond acceptors (Lipinski definition) is 6. The Balaban J connectivity index is 2.05. The fourth-order valence-electron chi connectivity index (χ4n) is 4.13. The molecule has 8 nitrogen and oxygen atoms in total. The number of aromatic nitrogens is 1. The SMILES string of the molecule is COc1cc(N2CCN(C)c3cc(C(=O)O)c(C#N)cc32)c2cc(C)c(=O)n(C)c2c1. The van der Waals surface area contributed by atoms with E-state index < -0.39 is 5.97 Å². The van der Waals surface area contributed by atoms with Crippen LogP contribution in [0, 0.1) is 18.3 Å².